The van der Waals surface area contributed by atoms with Crippen LogP contribution in [0, 0.1) is 0 Å². The predicted molar refractivity (Wildman–Crippen MR) is 141 cm³/mol. The highest BCUT2D eigenvalue weighted by molar-refractivity contribution is 7.07. The number of carbonyl (C=O) groups is 1. The molecule has 4 aromatic rings. The highest BCUT2D eigenvalue weighted by atomic mass is 35.5. The van der Waals surface area contributed by atoms with Crippen molar-refractivity contribution in [3.63, 3.8) is 0 Å². The van der Waals surface area contributed by atoms with Crippen LogP contribution in [0.4, 0.5) is 5.95 Å². The second-order valence-corrected chi connectivity index (χ2v) is 9.65. The van der Waals surface area contributed by atoms with Crippen molar-refractivity contribution >= 4 is 46.4 Å². The van der Waals surface area contributed by atoms with Gasteiger partial charge in [-0.1, -0.05) is 35.3 Å². The van der Waals surface area contributed by atoms with E-state index in [1.165, 1.54) is 15.9 Å². The fraction of sp³-hybridized carbons (Fsp3) is 0.200. The van der Waals surface area contributed by atoms with Crippen LogP contribution in [0.3, 0.4) is 0 Å². The molecule has 2 aromatic heterocycles. The maximum absolute atomic E-state index is 13.8. The van der Waals surface area contributed by atoms with Gasteiger partial charge in [-0.2, -0.15) is 0 Å². The number of methoxy groups -OCH3 is 1. The van der Waals surface area contributed by atoms with E-state index in [0.29, 0.717) is 63.8 Å². The first-order valence-electron chi connectivity index (χ1n) is 11.1. The molecule has 0 unspecified atom stereocenters. The van der Waals surface area contributed by atoms with Gasteiger partial charge < -0.3 is 15.0 Å². The minimum absolute atomic E-state index is 0.196. The number of fused-ring (bicyclic) bond motifs is 1. The van der Waals surface area contributed by atoms with E-state index in [4.69, 9.17) is 32.9 Å². The highest BCUT2D eigenvalue weighted by Gasteiger charge is 2.28. The number of rotatable bonds is 6. The number of thiazole rings is 1. The molecule has 1 amide bonds. The largest absolute Gasteiger partial charge is 0.495 e. The van der Waals surface area contributed by atoms with Crippen molar-refractivity contribution in [1.29, 1.82) is 0 Å². The number of carbonyl (C=O) groups excluding carboxylic acids is 1. The molecule has 3 heterocycles. The third-order valence-electron chi connectivity index (χ3n) is 5.93. The number of hydrogen-bond donors (Lipinski definition) is 1. The fourth-order valence-corrected chi connectivity index (χ4v) is 4.98. The highest BCUT2D eigenvalue weighted by Crippen LogP contribution is 2.27. The SMILES string of the molecule is COc1ccccc1-n1c(NCc2cscn2)nc2c(c1=O)CCN(C(=O)c1ccc(Cl)c(Cl)c1)C2. The van der Waals surface area contributed by atoms with E-state index in [-0.39, 0.29) is 18.0 Å². The predicted octanol–water partition coefficient (Wildman–Crippen LogP) is 4.82. The van der Waals surface area contributed by atoms with Crippen molar-refractivity contribution in [2.75, 3.05) is 19.0 Å². The summed E-state index contributed by atoms with van der Waals surface area (Å²) in [6, 6.07) is 12.1. The molecular weight excluding hydrogens is 521 g/mol. The molecule has 11 heteroatoms. The first kappa shape index (κ1) is 24.3. The summed E-state index contributed by atoms with van der Waals surface area (Å²) < 4.78 is 7.05. The van der Waals surface area contributed by atoms with Gasteiger partial charge in [-0.05, 0) is 36.8 Å². The number of benzene rings is 2. The number of ether oxygens (including phenoxy) is 1. The van der Waals surface area contributed by atoms with Crippen molar-refractivity contribution in [3.05, 3.63) is 96.3 Å². The van der Waals surface area contributed by atoms with Gasteiger partial charge in [0.1, 0.15) is 5.75 Å². The molecule has 5 rings (SSSR count). The van der Waals surface area contributed by atoms with Crippen LogP contribution in [-0.4, -0.2) is 39.0 Å². The summed E-state index contributed by atoms with van der Waals surface area (Å²) in [4.78, 5) is 37.7. The lowest BCUT2D eigenvalue weighted by atomic mass is 10.0. The molecule has 0 fully saturated rings. The normalized spacial score (nSPS) is 12.8. The number of anilines is 1. The van der Waals surface area contributed by atoms with Gasteiger partial charge >= 0.3 is 0 Å². The second kappa shape index (κ2) is 10.3. The molecule has 0 aliphatic carbocycles. The molecule has 0 spiro atoms. The Morgan fingerprint density at radius 1 is 1.19 bits per heavy atom. The first-order chi connectivity index (χ1) is 17.5. The summed E-state index contributed by atoms with van der Waals surface area (Å²) >= 11 is 13.6. The van der Waals surface area contributed by atoms with Crippen LogP contribution in [0.15, 0.2) is 58.1 Å². The molecular formula is C25H21Cl2N5O3S. The average Bonchev–Trinajstić information content (AvgIpc) is 3.42. The topological polar surface area (TPSA) is 89.3 Å². The van der Waals surface area contributed by atoms with Crippen LogP contribution in [0.1, 0.15) is 27.3 Å². The first-order valence-corrected chi connectivity index (χ1v) is 12.8. The number of aromatic nitrogens is 3. The summed E-state index contributed by atoms with van der Waals surface area (Å²) in [5.74, 6) is 0.692. The summed E-state index contributed by atoms with van der Waals surface area (Å²) in [6.07, 6.45) is 0.371. The van der Waals surface area contributed by atoms with Crippen LogP contribution in [-0.2, 0) is 19.5 Å². The molecule has 1 aliphatic rings. The molecule has 1 N–H and O–H groups in total. The molecule has 0 saturated carbocycles. The van der Waals surface area contributed by atoms with Crippen LogP contribution in [0.25, 0.3) is 5.69 Å². The van der Waals surface area contributed by atoms with Gasteiger partial charge in [-0.15, -0.1) is 11.3 Å². The van der Waals surface area contributed by atoms with E-state index in [9.17, 15) is 9.59 Å². The van der Waals surface area contributed by atoms with E-state index in [1.54, 1.807) is 41.8 Å². The van der Waals surface area contributed by atoms with Gasteiger partial charge in [0, 0.05) is 23.1 Å². The quantitative estimate of drug-likeness (QED) is 0.376. The van der Waals surface area contributed by atoms with Crippen LogP contribution in [0.2, 0.25) is 10.0 Å². The van der Waals surface area contributed by atoms with Crippen molar-refractivity contribution in [2.24, 2.45) is 0 Å². The van der Waals surface area contributed by atoms with Gasteiger partial charge in [-0.3, -0.25) is 9.59 Å². The number of nitrogens with one attached hydrogen (secondary N) is 1. The number of hydrogen-bond acceptors (Lipinski definition) is 7. The summed E-state index contributed by atoms with van der Waals surface area (Å²) in [5.41, 5.74) is 4.50. The van der Waals surface area contributed by atoms with Crippen molar-refractivity contribution in [2.45, 2.75) is 19.5 Å². The fourth-order valence-electron chi connectivity index (χ4n) is 4.12. The molecule has 0 radical (unpaired) electrons. The van der Waals surface area contributed by atoms with E-state index in [2.05, 4.69) is 10.3 Å². The minimum Gasteiger partial charge on any atom is -0.495 e. The Bertz CT molecular complexity index is 1490. The zero-order valence-electron chi connectivity index (χ0n) is 19.2. The number of para-hydroxylation sites is 2. The molecule has 8 nitrogen and oxygen atoms in total. The molecule has 0 atom stereocenters. The molecule has 1 aliphatic heterocycles. The summed E-state index contributed by atoms with van der Waals surface area (Å²) in [6.45, 7) is 0.956. The number of nitrogens with zero attached hydrogens (tertiary/aromatic N) is 4. The van der Waals surface area contributed by atoms with Crippen molar-refractivity contribution in [1.82, 2.24) is 19.4 Å². The Labute approximate surface area is 221 Å². The summed E-state index contributed by atoms with van der Waals surface area (Å²) in [5, 5.41) is 5.87. The third kappa shape index (κ3) is 4.69. The maximum atomic E-state index is 13.8. The Morgan fingerprint density at radius 2 is 2.03 bits per heavy atom. The van der Waals surface area contributed by atoms with Crippen molar-refractivity contribution in [3.8, 4) is 11.4 Å². The zero-order valence-corrected chi connectivity index (χ0v) is 21.5. The van der Waals surface area contributed by atoms with Gasteiger partial charge in [0.25, 0.3) is 11.5 Å². The van der Waals surface area contributed by atoms with Gasteiger partial charge in [0.2, 0.25) is 5.95 Å². The van der Waals surface area contributed by atoms with Crippen LogP contribution >= 0.6 is 34.5 Å². The zero-order chi connectivity index (χ0) is 25.2. The van der Waals surface area contributed by atoms with Crippen LogP contribution in [0.5, 0.6) is 5.75 Å². The molecule has 36 heavy (non-hydrogen) atoms. The Balaban J connectivity index is 1.54. The Morgan fingerprint density at radius 3 is 2.78 bits per heavy atom. The van der Waals surface area contributed by atoms with Gasteiger partial charge in [-0.25, -0.2) is 14.5 Å². The van der Waals surface area contributed by atoms with Gasteiger partial charge in [0.05, 0.1) is 52.8 Å². The maximum Gasteiger partial charge on any atom is 0.263 e. The van der Waals surface area contributed by atoms with E-state index in [0.717, 1.165) is 5.69 Å². The number of amides is 1. The standard InChI is InChI=1S/C25H21Cl2N5O3S/c1-35-22-5-3-2-4-21(22)32-24(34)17-8-9-31(23(33)15-6-7-18(26)19(27)10-15)12-20(17)30-25(32)28-11-16-13-36-14-29-16/h2-7,10,13-14H,8-9,11-12H2,1H3,(H,28,30). The van der Waals surface area contributed by atoms with Gasteiger partial charge in [0.15, 0.2) is 0 Å². The molecule has 184 valence electrons. The molecule has 2 aromatic carbocycles. The van der Waals surface area contributed by atoms with E-state index in [1.807, 2.05) is 23.6 Å². The second-order valence-electron chi connectivity index (χ2n) is 8.11. The van der Waals surface area contributed by atoms with Crippen LogP contribution < -0.4 is 15.6 Å². The van der Waals surface area contributed by atoms with E-state index < -0.39 is 0 Å². The molecule has 0 saturated heterocycles. The number of halogens is 2. The Hall–Kier alpha value is -3.40. The lowest BCUT2D eigenvalue weighted by molar-refractivity contribution is 0.0731. The average molecular weight is 542 g/mol. The Kier molecular flexibility index (Phi) is 6.95. The smallest absolute Gasteiger partial charge is 0.263 e. The third-order valence-corrected chi connectivity index (χ3v) is 7.30. The lowest BCUT2D eigenvalue weighted by Gasteiger charge is -2.29. The minimum atomic E-state index is -0.202. The van der Waals surface area contributed by atoms with Crippen molar-refractivity contribution < 1.29 is 9.53 Å². The summed E-state index contributed by atoms with van der Waals surface area (Å²) in [7, 11) is 1.56. The molecule has 0 bridgehead atoms. The monoisotopic (exact) mass is 541 g/mol. The lowest BCUT2D eigenvalue weighted by Crippen LogP contribution is -2.41. The van der Waals surface area contributed by atoms with E-state index >= 15 is 0 Å².